The largest absolute Gasteiger partial charge is 0.493 e. The maximum Gasteiger partial charge on any atom is 0.294 e. The third kappa shape index (κ3) is 5.34. The highest BCUT2D eigenvalue weighted by atomic mass is 32.2. The monoisotopic (exact) mass is 434 g/mol. The Morgan fingerprint density at radius 1 is 1.23 bits per heavy atom. The molecule has 2 heterocycles. The number of carbonyl (C=O) groups is 3. The first-order chi connectivity index (χ1) is 14.4. The summed E-state index contributed by atoms with van der Waals surface area (Å²) in [5.41, 5.74) is 0.703. The van der Waals surface area contributed by atoms with E-state index in [9.17, 15) is 14.4 Å². The highest BCUT2D eigenvalue weighted by Gasteiger charge is 2.37. The van der Waals surface area contributed by atoms with E-state index in [0.717, 1.165) is 16.7 Å². The van der Waals surface area contributed by atoms with E-state index in [1.807, 2.05) is 0 Å². The first-order valence-corrected chi connectivity index (χ1v) is 10.6. The van der Waals surface area contributed by atoms with Crippen LogP contribution in [-0.4, -0.2) is 73.4 Å². The number of amides is 3. The Labute approximate surface area is 180 Å². The summed E-state index contributed by atoms with van der Waals surface area (Å²) in [5, 5.41) is -0.447. The Balaban J connectivity index is 1.70. The summed E-state index contributed by atoms with van der Waals surface area (Å²) >= 11 is 0.828. The zero-order valence-corrected chi connectivity index (χ0v) is 18.2. The van der Waals surface area contributed by atoms with Gasteiger partial charge in [0, 0.05) is 13.1 Å². The molecule has 0 radical (unpaired) electrons. The fourth-order valence-electron chi connectivity index (χ4n) is 2.99. The molecule has 3 rings (SSSR count). The average Bonchev–Trinajstić information content (AvgIpc) is 3.00. The third-order valence-electron chi connectivity index (χ3n) is 4.59. The second-order valence-electron chi connectivity index (χ2n) is 7.38. The van der Waals surface area contributed by atoms with Gasteiger partial charge in [-0.2, -0.15) is 0 Å². The fraction of sp³-hybridized carbons (Fsp3) is 0.476. The van der Waals surface area contributed by atoms with Crippen molar-refractivity contribution in [3.8, 4) is 11.5 Å². The lowest BCUT2D eigenvalue weighted by Gasteiger charge is -2.28. The molecule has 2 saturated heterocycles. The van der Waals surface area contributed by atoms with Crippen LogP contribution in [-0.2, 0) is 14.3 Å². The molecule has 0 spiro atoms. The topological polar surface area (TPSA) is 85.4 Å². The summed E-state index contributed by atoms with van der Waals surface area (Å²) in [6.45, 7) is 6.28. The molecule has 0 N–H and O–H groups in total. The molecular formula is C21H26N2O6S. The molecule has 0 unspecified atom stereocenters. The summed E-state index contributed by atoms with van der Waals surface area (Å²) < 4.78 is 16.4. The maximum atomic E-state index is 12.7. The normalized spacial score (nSPS) is 18.5. The average molecular weight is 435 g/mol. The predicted molar refractivity (Wildman–Crippen MR) is 113 cm³/mol. The Kier molecular flexibility index (Phi) is 7.38. The van der Waals surface area contributed by atoms with Crippen LogP contribution in [0, 0.1) is 5.92 Å². The summed E-state index contributed by atoms with van der Waals surface area (Å²) in [5.74, 6) is 0.820. The maximum absolute atomic E-state index is 12.7. The Morgan fingerprint density at radius 3 is 2.63 bits per heavy atom. The molecule has 3 amide bonds. The molecule has 0 atom stereocenters. The highest BCUT2D eigenvalue weighted by molar-refractivity contribution is 8.18. The van der Waals surface area contributed by atoms with Crippen molar-refractivity contribution in [3.63, 3.8) is 0 Å². The van der Waals surface area contributed by atoms with Crippen molar-refractivity contribution in [2.45, 2.75) is 13.8 Å². The zero-order valence-electron chi connectivity index (χ0n) is 17.4. The van der Waals surface area contributed by atoms with E-state index in [4.69, 9.17) is 14.2 Å². The van der Waals surface area contributed by atoms with Crippen LogP contribution in [0.1, 0.15) is 19.4 Å². The first kappa shape index (κ1) is 22.2. The van der Waals surface area contributed by atoms with Crippen LogP contribution in [0.25, 0.3) is 6.08 Å². The second-order valence-corrected chi connectivity index (χ2v) is 8.37. The van der Waals surface area contributed by atoms with Crippen molar-refractivity contribution in [2.75, 3.05) is 46.6 Å². The first-order valence-electron chi connectivity index (χ1n) is 9.80. The molecule has 0 saturated carbocycles. The molecule has 1 aromatic rings. The Morgan fingerprint density at radius 2 is 1.97 bits per heavy atom. The van der Waals surface area contributed by atoms with Gasteiger partial charge in [-0.1, -0.05) is 19.9 Å². The third-order valence-corrected chi connectivity index (χ3v) is 5.50. The molecule has 2 aliphatic rings. The smallest absolute Gasteiger partial charge is 0.294 e. The van der Waals surface area contributed by atoms with Gasteiger partial charge in [0.1, 0.15) is 6.54 Å². The van der Waals surface area contributed by atoms with Crippen LogP contribution in [0.15, 0.2) is 23.1 Å². The van der Waals surface area contributed by atoms with Crippen LogP contribution in [0.3, 0.4) is 0 Å². The van der Waals surface area contributed by atoms with E-state index in [0.29, 0.717) is 55.9 Å². The molecule has 1 aromatic carbocycles. The van der Waals surface area contributed by atoms with Crippen LogP contribution in [0.4, 0.5) is 4.79 Å². The van der Waals surface area contributed by atoms with Crippen molar-refractivity contribution in [1.82, 2.24) is 9.80 Å². The lowest BCUT2D eigenvalue weighted by Crippen LogP contribution is -2.46. The summed E-state index contributed by atoms with van der Waals surface area (Å²) in [6, 6.07) is 5.33. The number of morpholine rings is 1. The summed E-state index contributed by atoms with van der Waals surface area (Å²) in [4.78, 5) is 40.3. The standard InChI is InChI=1S/C21H26N2O6S/c1-14(2)13-29-16-5-4-15(10-17(16)27-3)11-18-20(25)23(21(26)30-18)12-19(24)22-6-8-28-9-7-22/h4-5,10-11,14H,6-9,12-13H2,1-3H3/b18-11-. The van der Waals surface area contributed by atoms with Crippen LogP contribution in [0.5, 0.6) is 11.5 Å². The van der Waals surface area contributed by atoms with Gasteiger partial charge in [-0.15, -0.1) is 0 Å². The van der Waals surface area contributed by atoms with Crippen molar-refractivity contribution < 1.29 is 28.6 Å². The molecule has 8 nitrogen and oxygen atoms in total. The van der Waals surface area contributed by atoms with Gasteiger partial charge < -0.3 is 19.1 Å². The van der Waals surface area contributed by atoms with Gasteiger partial charge in [0.05, 0.1) is 31.8 Å². The van der Waals surface area contributed by atoms with Gasteiger partial charge in [0.15, 0.2) is 11.5 Å². The minimum absolute atomic E-state index is 0.254. The van der Waals surface area contributed by atoms with Crippen LogP contribution >= 0.6 is 11.8 Å². The van der Waals surface area contributed by atoms with Gasteiger partial charge in [-0.25, -0.2) is 0 Å². The van der Waals surface area contributed by atoms with Gasteiger partial charge in [0.25, 0.3) is 11.1 Å². The quantitative estimate of drug-likeness (QED) is 0.610. The fourth-order valence-corrected chi connectivity index (χ4v) is 3.82. The van der Waals surface area contributed by atoms with Crippen molar-refractivity contribution in [1.29, 1.82) is 0 Å². The SMILES string of the molecule is COc1cc(/C=C2\SC(=O)N(CC(=O)N3CCOCC3)C2=O)ccc1OCC(C)C. The van der Waals surface area contributed by atoms with Gasteiger partial charge >= 0.3 is 0 Å². The summed E-state index contributed by atoms with van der Waals surface area (Å²) in [6.07, 6.45) is 1.62. The van der Waals surface area contributed by atoms with Crippen LogP contribution < -0.4 is 9.47 Å². The Bertz CT molecular complexity index is 848. The summed E-state index contributed by atoms with van der Waals surface area (Å²) in [7, 11) is 1.55. The number of ether oxygens (including phenoxy) is 3. The van der Waals surface area contributed by atoms with E-state index in [2.05, 4.69) is 13.8 Å². The van der Waals surface area contributed by atoms with Crippen molar-refractivity contribution >= 4 is 34.9 Å². The van der Waals surface area contributed by atoms with Gasteiger partial charge in [0.2, 0.25) is 5.91 Å². The minimum Gasteiger partial charge on any atom is -0.493 e. The van der Waals surface area contributed by atoms with E-state index >= 15 is 0 Å². The molecule has 0 aliphatic carbocycles. The number of hydrogen-bond acceptors (Lipinski definition) is 7. The van der Waals surface area contributed by atoms with E-state index in [-0.39, 0.29) is 17.4 Å². The van der Waals surface area contributed by atoms with Crippen molar-refractivity contribution in [3.05, 3.63) is 28.7 Å². The molecule has 0 aromatic heterocycles. The number of benzene rings is 1. The number of thioether (sulfide) groups is 1. The minimum atomic E-state index is -0.467. The van der Waals surface area contributed by atoms with Crippen LogP contribution in [0.2, 0.25) is 0 Å². The molecule has 162 valence electrons. The van der Waals surface area contributed by atoms with E-state index in [1.54, 1.807) is 36.3 Å². The number of nitrogens with zero attached hydrogens (tertiary/aromatic N) is 2. The lowest BCUT2D eigenvalue weighted by atomic mass is 10.1. The second kappa shape index (κ2) is 9.99. The Hall–Kier alpha value is -2.52. The number of carbonyl (C=O) groups excluding carboxylic acids is 3. The molecule has 2 fully saturated rings. The molecule has 9 heteroatoms. The molecule has 0 bridgehead atoms. The number of methoxy groups -OCH3 is 1. The molecular weight excluding hydrogens is 408 g/mol. The highest BCUT2D eigenvalue weighted by Crippen LogP contribution is 2.34. The van der Waals surface area contributed by atoms with E-state index in [1.165, 1.54) is 0 Å². The van der Waals surface area contributed by atoms with E-state index < -0.39 is 11.1 Å². The number of imide groups is 1. The predicted octanol–water partition coefficient (Wildman–Crippen LogP) is 2.63. The van der Waals surface area contributed by atoms with Gasteiger partial charge in [-0.05, 0) is 41.5 Å². The molecule has 30 heavy (non-hydrogen) atoms. The molecule has 2 aliphatic heterocycles. The number of rotatable bonds is 7. The zero-order chi connectivity index (χ0) is 21.7. The number of hydrogen-bond donors (Lipinski definition) is 0. The van der Waals surface area contributed by atoms with Crippen molar-refractivity contribution in [2.24, 2.45) is 5.92 Å². The van der Waals surface area contributed by atoms with Gasteiger partial charge in [-0.3, -0.25) is 19.3 Å². The lowest BCUT2D eigenvalue weighted by molar-refractivity contribution is -0.139.